The summed E-state index contributed by atoms with van der Waals surface area (Å²) in [5.74, 6) is -1.38. The summed E-state index contributed by atoms with van der Waals surface area (Å²) in [5, 5.41) is 3.32. The molecule has 25 heavy (non-hydrogen) atoms. The minimum Gasteiger partial charge on any atom is -0.383 e. The number of fused-ring (bicyclic) bond motifs is 2. The Labute approximate surface area is 150 Å². The second-order valence-corrected chi connectivity index (χ2v) is 6.99. The zero-order chi connectivity index (χ0) is 18.0. The molecule has 2 heterocycles. The number of benzene rings is 1. The first kappa shape index (κ1) is 18.0. The van der Waals surface area contributed by atoms with Gasteiger partial charge in [0.05, 0.1) is 18.9 Å². The van der Waals surface area contributed by atoms with Crippen molar-refractivity contribution in [3.63, 3.8) is 0 Å². The SMILES string of the molecule is C=C(NC(C)C)c1ccc2c(c1)C1(OCCCO1)C(=O)N2CCCC. The Balaban J connectivity index is 2.01. The maximum absolute atomic E-state index is 13.1. The van der Waals surface area contributed by atoms with Crippen molar-refractivity contribution in [3.05, 3.63) is 35.9 Å². The average molecular weight is 344 g/mol. The molecule has 2 aliphatic heterocycles. The van der Waals surface area contributed by atoms with E-state index in [9.17, 15) is 4.79 Å². The van der Waals surface area contributed by atoms with Gasteiger partial charge in [0.15, 0.2) is 0 Å². The van der Waals surface area contributed by atoms with E-state index in [-0.39, 0.29) is 5.91 Å². The van der Waals surface area contributed by atoms with Gasteiger partial charge in [0.25, 0.3) is 11.7 Å². The third-order valence-electron chi connectivity index (χ3n) is 4.61. The van der Waals surface area contributed by atoms with Crippen LogP contribution in [0.5, 0.6) is 0 Å². The Morgan fingerprint density at radius 1 is 1.36 bits per heavy atom. The molecule has 1 spiro atoms. The number of carbonyl (C=O) groups is 1. The molecule has 0 atom stereocenters. The van der Waals surface area contributed by atoms with Gasteiger partial charge >= 0.3 is 0 Å². The van der Waals surface area contributed by atoms with Crippen molar-refractivity contribution >= 4 is 17.3 Å². The second kappa shape index (κ2) is 7.18. The summed E-state index contributed by atoms with van der Waals surface area (Å²) in [6.07, 6.45) is 2.78. The van der Waals surface area contributed by atoms with Crippen molar-refractivity contribution in [1.82, 2.24) is 5.32 Å². The number of nitrogens with zero attached hydrogens (tertiary/aromatic N) is 1. The Kier molecular flexibility index (Phi) is 5.16. The van der Waals surface area contributed by atoms with E-state index in [1.165, 1.54) is 0 Å². The van der Waals surface area contributed by atoms with Crippen LogP contribution in [0.1, 0.15) is 51.2 Å². The van der Waals surface area contributed by atoms with Crippen LogP contribution in [0.15, 0.2) is 24.8 Å². The summed E-state index contributed by atoms with van der Waals surface area (Å²) in [5.41, 5.74) is 3.48. The van der Waals surface area contributed by atoms with E-state index in [2.05, 4.69) is 32.7 Å². The Hall–Kier alpha value is -1.85. The lowest BCUT2D eigenvalue weighted by atomic mass is 10.0. The summed E-state index contributed by atoms with van der Waals surface area (Å²) >= 11 is 0. The number of anilines is 1. The van der Waals surface area contributed by atoms with Crippen LogP contribution in [0.4, 0.5) is 5.69 Å². The van der Waals surface area contributed by atoms with Crippen molar-refractivity contribution in [2.45, 2.75) is 51.9 Å². The van der Waals surface area contributed by atoms with Gasteiger partial charge in [0.2, 0.25) is 0 Å². The maximum atomic E-state index is 13.1. The smallest absolute Gasteiger partial charge is 0.292 e. The molecule has 0 radical (unpaired) electrons. The lowest BCUT2D eigenvalue weighted by Gasteiger charge is -2.32. The number of amides is 1. The molecule has 0 bridgehead atoms. The van der Waals surface area contributed by atoms with Gasteiger partial charge < -0.3 is 19.7 Å². The molecule has 3 rings (SSSR count). The third-order valence-corrected chi connectivity index (χ3v) is 4.61. The summed E-state index contributed by atoms with van der Waals surface area (Å²) in [6.45, 7) is 12.1. The molecule has 1 aromatic carbocycles. The van der Waals surface area contributed by atoms with Gasteiger partial charge in [0, 0.05) is 23.8 Å². The minimum atomic E-state index is -1.28. The molecule has 0 aromatic heterocycles. The highest BCUT2D eigenvalue weighted by Gasteiger charge is 2.54. The van der Waals surface area contributed by atoms with Crippen LogP contribution in [-0.4, -0.2) is 31.7 Å². The zero-order valence-electron chi connectivity index (χ0n) is 15.4. The first-order valence-corrected chi connectivity index (χ1v) is 9.20. The Morgan fingerprint density at radius 3 is 2.72 bits per heavy atom. The molecule has 136 valence electrons. The van der Waals surface area contributed by atoms with Crippen molar-refractivity contribution in [2.75, 3.05) is 24.7 Å². The number of hydrogen-bond acceptors (Lipinski definition) is 4. The molecule has 1 N–H and O–H groups in total. The van der Waals surface area contributed by atoms with E-state index in [0.29, 0.717) is 25.8 Å². The Bertz CT molecular complexity index is 663. The van der Waals surface area contributed by atoms with Crippen LogP contribution < -0.4 is 10.2 Å². The maximum Gasteiger partial charge on any atom is 0.292 e. The molecule has 2 aliphatic rings. The van der Waals surface area contributed by atoms with Gasteiger partial charge in [-0.1, -0.05) is 26.0 Å². The molecule has 0 unspecified atom stereocenters. The van der Waals surface area contributed by atoms with E-state index in [1.54, 1.807) is 0 Å². The van der Waals surface area contributed by atoms with Crippen molar-refractivity contribution in [2.24, 2.45) is 0 Å². The summed E-state index contributed by atoms with van der Waals surface area (Å²) < 4.78 is 11.9. The van der Waals surface area contributed by atoms with Crippen LogP contribution in [0.25, 0.3) is 5.70 Å². The van der Waals surface area contributed by atoms with Crippen LogP contribution in [0, 0.1) is 0 Å². The number of unbranched alkanes of at least 4 members (excludes halogenated alkanes) is 1. The molecule has 1 fully saturated rings. The minimum absolute atomic E-state index is 0.102. The lowest BCUT2D eigenvalue weighted by molar-refractivity contribution is -0.256. The molecule has 1 saturated heterocycles. The largest absolute Gasteiger partial charge is 0.383 e. The molecule has 5 heteroatoms. The molecule has 5 nitrogen and oxygen atoms in total. The summed E-state index contributed by atoms with van der Waals surface area (Å²) in [7, 11) is 0. The quantitative estimate of drug-likeness (QED) is 0.859. The predicted octanol–water partition coefficient (Wildman–Crippen LogP) is 3.39. The number of nitrogens with one attached hydrogen (secondary N) is 1. The number of ether oxygens (including phenoxy) is 2. The van der Waals surface area contributed by atoms with Crippen molar-refractivity contribution in [1.29, 1.82) is 0 Å². The fourth-order valence-electron chi connectivity index (χ4n) is 3.41. The van der Waals surface area contributed by atoms with E-state index in [4.69, 9.17) is 9.47 Å². The van der Waals surface area contributed by atoms with Crippen LogP contribution in [-0.2, 0) is 20.1 Å². The summed E-state index contributed by atoms with van der Waals surface area (Å²) in [4.78, 5) is 15.0. The highest BCUT2D eigenvalue weighted by atomic mass is 16.7. The van der Waals surface area contributed by atoms with E-state index < -0.39 is 5.79 Å². The highest BCUT2D eigenvalue weighted by molar-refractivity contribution is 6.06. The molecule has 1 aromatic rings. The van der Waals surface area contributed by atoms with Gasteiger partial charge in [-0.2, -0.15) is 0 Å². The fourth-order valence-corrected chi connectivity index (χ4v) is 3.41. The molecular weight excluding hydrogens is 316 g/mol. The predicted molar refractivity (Wildman–Crippen MR) is 99.2 cm³/mol. The molecule has 0 saturated carbocycles. The first-order valence-electron chi connectivity index (χ1n) is 9.20. The van der Waals surface area contributed by atoms with Gasteiger partial charge in [-0.15, -0.1) is 0 Å². The van der Waals surface area contributed by atoms with Crippen molar-refractivity contribution < 1.29 is 14.3 Å². The first-order chi connectivity index (χ1) is 12.0. The van der Waals surface area contributed by atoms with Crippen molar-refractivity contribution in [3.8, 4) is 0 Å². The summed E-state index contributed by atoms with van der Waals surface area (Å²) in [6, 6.07) is 6.27. The number of rotatable bonds is 6. The zero-order valence-corrected chi connectivity index (χ0v) is 15.4. The standard InChI is InChI=1S/C20H28N2O3/c1-5-6-10-22-18-9-8-16(15(4)21-14(2)3)13-17(18)20(19(22)23)24-11-7-12-25-20/h8-9,13-14,21H,4-7,10-12H2,1-3H3. The average Bonchev–Trinajstić information content (AvgIpc) is 2.82. The number of carbonyl (C=O) groups excluding carboxylic acids is 1. The monoisotopic (exact) mass is 344 g/mol. The molecule has 1 amide bonds. The lowest BCUT2D eigenvalue weighted by Crippen LogP contribution is -2.47. The van der Waals surface area contributed by atoms with Gasteiger partial charge in [0.1, 0.15) is 0 Å². The van der Waals surface area contributed by atoms with Crippen LogP contribution in [0.2, 0.25) is 0 Å². The van der Waals surface area contributed by atoms with Gasteiger partial charge in [-0.3, -0.25) is 4.79 Å². The highest BCUT2D eigenvalue weighted by Crippen LogP contribution is 2.46. The van der Waals surface area contributed by atoms with E-state index >= 15 is 0 Å². The third kappa shape index (κ3) is 3.18. The number of hydrogen-bond donors (Lipinski definition) is 1. The van der Waals surface area contributed by atoms with Crippen LogP contribution >= 0.6 is 0 Å². The molecular formula is C20H28N2O3. The van der Waals surface area contributed by atoms with E-state index in [1.807, 2.05) is 23.1 Å². The topological polar surface area (TPSA) is 50.8 Å². The van der Waals surface area contributed by atoms with Crippen LogP contribution in [0.3, 0.4) is 0 Å². The van der Waals surface area contributed by atoms with E-state index in [0.717, 1.165) is 41.8 Å². The normalized spacial score (nSPS) is 18.7. The fraction of sp³-hybridized carbons (Fsp3) is 0.550. The second-order valence-electron chi connectivity index (χ2n) is 6.99. The molecule has 0 aliphatic carbocycles. The van der Waals surface area contributed by atoms with Gasteiger partial charge in [-0.05, 0) is 44.4 Å². The van der Waals surface area contributed by atoms with Gasteiger partial charge in [-0.25, -0.2) is 0 Å². The Morgan fingerprint density at radius 2 is 2.08 bits per heavy atom.